The van der Waals surface area contributed by atoms with Crippen LogP contribution in [0.1, 0.15) is 22.0 Å². The average Bonchev–Trinajstić information content (AvgIpc) is 3.18. The third-order valence-electron chi connectivity index (χ3n) is 3.41. The molecule has 0 unspecified atom stereocenters. The van der Waals surface area contributed by atoms with Gasteiger partial charge in [0, 0.05) is 6.42 Å². The number of carbonyl (C=O) groups is 1. The van der Waals surface area contributed by atoms with Crippen molar-refractivity contribution in [3.05, 3.63) is 27.2 Å². The van der Waals surface area contributed by atoms with Gasteiger partial charge in [-0.05, 0) is 24.5 Å². The Morgan fingerprint density at radius 3 is 2.91 bits per heavy atom. The molecule has 0 aromatic carbocycles. The van der Waals surface area contributed by atoms with Crippen molar-refractivity contribution in [2.75, 3.05) is 17.3 Å². The summed E-state index contributed by atoms with van der Waals surface area (Å²) in [5.41, 5.74) is 0. The molecule has 1 atom stereocenters. The van der Waals surface area contributed by atoms with Crippen molar-refractivity contribution in [3.63, 3.8) is 0 Å². The maximum absolute atomic E-state index is 12.0. The molecule has 0 radical (unpaired) electrons. The molecule has 0 N–H and O–H groups in total. The number of Topliss-reactive ketones (excluding diaryl/α,β-unsaturated/α-hetero) is 1. The summed E-state index contributed by atoms with van der Waals surface area (Å²) in [7, 11) is -2.91. The quantitative estimate of drug-likeness (QED) is 0.551. The molecule has 124 valence electrons. The number of thiophene rings is 1. The second kappa shape index (κ2) is 6.92. The summed E-state index contributed by atoms with van der Waals surface area (Å²) in [6.07, 6.45) is 1.09. The zero-order chi connectivity index (χ0) is 16.4. The number of hydrogen-bond donors (Lipinski definition) is 0. The van der Waals surface area contributed by atoms with Crippen LogP contribution in [0.15, 0.2) is 21.8 Å². The molecule has 0 spiro atoms. The second-order valence-corrected chi connectivity index (χ2v) is 10.1. The Hall–Kier alpha value is -0.900. The lowest BCUT2D eigenvalue weighted by Crippen LogP contribution is -2.07. The molecule has 0 saturated carbocycles. The highest BCUT2D eigenvalue weighted by Crippen LogP contribution is 2.26. The molecule has 0 aliphatic carbocycles. The van der Waals surface area contributed by atoms with Gasteiger partial charge in [0.05, 0.1) is 26.5 Å². The van der Waals surface area contributed by atoms with Gasteiger partial charge in [0.2, 0.25) is 5.89 Å². The molecular weight excluding hydrogens is 380 g/mol. The normalized spacial score (nSPS) is 20.0. The van der Waals surface area contributed by atoms with Crippen molar-refractivity contribution in [2.45, 2.75) is 18.1 Å². The Balaban J connectivity index is 1.52. The van der Waals surface area contributed by atoms with Crippen LogP contribution < -0.4 is 0 Å². The Morgan fingerprint density at radius 1 is 1.43 bits per heavy atom. The van der Waals surface area contributed by atoms with E-state index in [0.29, 0.717) is 33.2 Å². The fourth-order valence-corrected chi connectivity index (χ4v) is 5.92. The molecule has 10 heteroatoms. The number of carbonyl (C=O) groups excluding carboxylic acids is 1. The largest absolute Gasteiger partial charge is 0.416 e. The Morgan fingerprint density at radius 2 is 2.26 bits per heavy atom. The van der Waals surface area contributed by atoms with E-state index in [-0.39, 0.29) is 29.0 Å². The predicted octanol–water partition coefficient (Wildman–Crippen LogP) is 2.74. The molecule has 2 aromatic rings. The van der Waals surface area contributed by atoms with Crippen molar-refractivity contribution in [1.82, 2.24) is 10.2 Å². The van der Waals surface area contributed by atoms with E-state index in [4.69, 9.17) is 16.0 Å². The third-order valence-corrected chi connectivity index (χ3v) is 7.34. The number of rotatable bonds is 6. The lowest BCUT2D eigenvalue weighted by Gasteiger charge is -2.01. The van der Waals surface area contributed by atoms with Crippen LogP contribution in [0.2, 0.25) is 4.34 Å². The summed E-state index contributed by atoms with van der Waals surface area (Å²) in [4.78, 5) is 12.6. The molecular formula is C13H13ClN2O4S3. The summed E-state index contributed by atoms with van der Waals surface area (Å²) in [6.45, 7) is 0. The SMILES string of the molecule is O=C(CSc1nnc(C[C@@H]2CCS(=O)(=O)C2)o1)c1ccc(Cl)s1. The Labute approximate surface area is 146 Å². The highest BCUT2D eigenvalue weighted by molar-refractivity contribution is 7.99. The molecule has 6 nitrogen and oxygen atoms in total. The van der Waals surface area contributed by atoms with Crippen LogP contribution in [0.25, 0.3) is 0 Å². The fourth-order valence-electron chi connectivity index (χ4n) is 2.32. The highest BCUT2D eigenvalue weighted by atomic mass is 35.5. The number of nitrogens with zero attached hydrogens (tertiary/aromatic N) is 2. The number of sulfone groups is 1. The van der Waals surface area contributed by atoms with Crippen molar-refractivity contribution in [1.29, 1.82) is 0 Å². The first kappa shape index (κ1) is 16.9. The van der Waals surface area contributed by atoms with Gasteiger partial charge in [0.1, 0.15) is 0 Å². The van der Waals surface area contributed by atoms with Gasteiger partial charge < -0.3 is 4.42 Å². The summed E-state index contributed by atoms with van der Waals surface area (Å²) >= 11 is 8.20. The first-order chi connectivity index (χ1) is 10.9. The van der Waals surface area contributed by atoms with E-state index in [9.17, 15) is 13.2 Å². The summed E-state index contributed by atoms with van der Waals surface area (Å²) in [5.74, 6) is 1.000. The van der Waals surface area contributed by atoms with E-state index < -0.39 is 9.84 Å². The molecule has 3 heterocycles. The van der Waals surface area contributed by atoms with E-state index in [2.05, 4.69) is 10.2 Å². The average molecular weight is 393 g/mol. The number of hydrogen-bond acceptors (Lipinski definition) is 8. The zero-order valence-electron chi connectivity index (χ0n) is 11.9. The van der Waals surface area contributed by atoms with Gasteiger partial charge in [-0.2, -0.15) is 0 Å². The number of halogens is 1. The van der Waals surface area contributed by atoms with Crippen LogP contribution in [-0.2, 0) is 16.3 Å². The van der Waals surface area contributed by atoms with Crippen LogP contribution in [0.5, 0.6) is 0 Å². The van der Waals surface area contributed by atoms with Gasteiger partial charge in [-0.15, -0.1) is 21.5 Å². The summed E-state index contributed by atoms with van der Waals surface area (Å²) < 4.78 is 28.9. The van der Waals surface area contributed by atoms with Gasteiger partial charge in [-0.25, -0.2) is 8.42 Å². The minimum atomic E-state index is -2.91. The predicted molar refractivity (Wildman–Crippen MR) is 89.1 cm³/mol. The van der Waals surface area contributed by atoms with Gasteiger partial charge in [0.15, 0.2) is 15.6 Å². The topological polar surface area (TPSA) is 90.1 Å². The monoisotopic (exact) mass is 392 g/mol. The first-order valence-corrected chi connectivity index (χ1v) is 10.9. The maximum atomic E-state index is 12.0. The van der Waals surface area contributed by atoms with E-state index in [1.165, 1.54) is 23.1 Å². The smallest absolute Gasteiger partial charge is 0.277 e. The standard InChI is InChI=1S/C13H13ClN2O4S3/c14-11-2-1-10(22-11)9(17)6-21-13-16-15-12(20-13)5-8-3-4-23(18,19)7-8/h1-2,8H,3-7H2/t8-/m0/s1. The van der Waals surface area contributed by atoms with E-state index >= 15 is 0 Å². The van der Waals surface area contributed by atoms with Gasteiger partial charge in [-0.1, -0.05) is 23.4 Å². The molecule has 1 saturated heterocycles. The van der Waals surface area contributed by atoms with Crippen molar-refractivity contribution in [3.8, 4) is 0 Å². The fraction of sp³-hybridized carbons (Fsp3) is 0.462. The molecule has 0 amide bonds. The lowest BCUT2D eigenvalue weighted by atomic mass is 10.1. The van der Waals surface area contributed by atoms with E-state index in [1.807, 2.05) is 0 Å². The van der Waals surface area contributed by atoms with Crippen LogP contribution in [-0.4, -0.2) is 41.7 Å². The molecule has 1 fully saturated rings. The van der Waals surface area contributed by atoms with Crippen LogP contribution in [0.3, 0.4) is 0 Å². The summed E-state index contributed by atoms with van der Waals surface area (Å²) in [6, 6.07) is 3.38. The number of ketones is 1. The second-order valence-electron chi connectivity index (χ2n) is 5.25. The van der Waals surface area contributed by atoms with Crippen LogP contribution in [0, 0.1) is 5.92 Å². The molecule has 2 aromatic heterocycles. The molecule has 3 rings (SSSR count). The third kappa shape index (κ3) is 4.56. The van der Waals surface area contributed by atoms with Gasteiger partial charge in [-0.3, -0.25) is 4.79 Å². The first-order valence-electron chi connectivity index (χ1n) is 6.85. The van der Waals surface area contributed by atoms with Crippen LogP contribution in [0.4, 0.5) is 0 Å². The Bertz CT molecular complexity index is 815. The Kier molecular flexibility index (Phi) is 5.10. The van der Waals surface area contributed by atoms with Gasteiger partial charge in [0.25, 0.3) is 5.22 Å². The highest BCUT2D eigenvalue weighted by Gasteiger charge is 2.29. The van der Waals surface area contributed by atoms with Gasteiger partial charge >= 0.3 is 0 Å². The number of thioether (sulfide) groups is 1. The summed E-state index contributed by atoms with van der Waals surface area (Å²) in [5, 5.41) is 8.12. The number of aromatic nitrogens is 2. The molecule has 23 heavy (non-hydrogen) atoms. The van der Waals surface area contributed by atoms with Crippen molar-refractivity contribution < 1.29 is 17.6 Å². The van der Waals surface area contributed by atoms with E-state index in [1.54, 1.807) is 12.1 Å². The zero-order valence-corrected chi connectivity index (χ0v) is 15.1. The van der Waals surface area contributed by atoms with Crippen molar-refractivity contribution >= 4 is 50.3 Å². The van der Waals surface area contributed by atoms with Crippen molar-refractivity contribution in [2.24, 2.45) is 5.92 Å². The van der Waals surface area contributed by atoms with E-state index in [0.717, 1.165) is 0 Å². The molecule has 1 aliphatic heterocycles. The van der Waals surface area contributed by atoms with Crippen LogP contribution >= 0.6 is 34.7 Å². The lowest BCUT2D eigenvalue weighted by molar-refractivity contribution is 0.102. The molecule has 1 aliphatic rings. The minimum absolute atomic E-state index is 0.0354. The molecule has 0 bridgehead atoms. The maximum Gasteiger partial charge on any atom is 0.277 e. The minimum Gasteiger partial charge on any atom is -0.416 e.